The molecule has 1 spiro atoms. The highest BCUT2D eigenvalue weighted by Crippen LogP contribution is 2.57. The van der Waals surface area contributed by atoms with Crippen molar-refractivity contribution in [1.29, 1.82) is 5.26 Å². The highest BCUT2D eigenvalue weighted by molar-refractivity contribution is 6.42. The van der Waals surface area contributed by atoms with E-state index >= 15 is 0 Å². The van der Waals surface area contributed by atoms with Crippen LogP contribution in [0.1, 0.15) is 11.1 Å². The Bertz CT molecular complexity index is 1460. The first-order chi connectivity index (χ1) is 16.3. The minimum Gasteiger partial charge on any atom is -0.468 e. The first kappa shape index (κ1) is 21.8. The molecule has 1 aromatic heterocycles. The molecule has 2 aromatic carbocycles. The molecule has 170 valence electrons. The van der Waals surface area contributed by atoms with Gasteiger partial charge in [-0.05, 0) is 18.2 Å². The van der Waals surface area contributed by atoms with Crippen LogP contribution in [-0.2, 0) is 19.7 Å². The number of H-pyrrole nitrogens is 1. The van der Waals surface area contributed by atoms with E-state index in [4.69, 9.17) is 38.4 Å². The summed E-state index contributed by atoms with van der Waals surface area (Å²) >= 11 is 12.3. The smallest absolute Gasteiger partial charge is 0.325 e. The number of nitrogens with zero attached hydrogens (tertiary/aromatic N) is 3. The second kappa shape index (κ2) is 7.80. The number of hydrogen-bond acceptors (Lipinski definition) is 7. The summed E-state index contributed by atoms with van der Waals surface area (Å²) in [4.78, 5) is 27.6. The number of ether oxygens (including phenoxy) is 2. The molecular weight excluding hydrogens is 481 g/mol. The number of fused-ring (bicyclic) bond motifs is 4. The third-order valence-electron chi connectivity index (χ3n) is 5.94. The number of nitrogens with one attached hydrogen (secondary N) is 1. The number of para-hydroxylation sites is 1. The van der Waals surface area contributed by atoms with E-state index in [0.717, 1.165) is 0 Å². The molecule has 0 aliphatic carbocycles. The summed E-state index contributed by atoms with van der Waals surface area (Å²) < 4.78 is 10.4. The van der Waals surface area contributed by atoms with Gasteiger partial charge in [-0.3, -0.25) is 19.6 Å². The standard InChI is InChI=1S/C23H15Cl2N5O4/c1-33-17(31)10-30-16-5-3-2-4-12(16)23(22(30)32)13(9-26)20(27)34-21-18(23)19(28-29-21)11-6-7-14(24)15(25)8-11/h2-8H,10,27H2,1H3,(H,28,29)/t23-/m0/s1. The van der Waals surface area contributed by atoms with Crippen LogP contribution in [0, 0.1) is 11.3 Å². The second-order valence-electron chi connectivity index (χ2n) is 7.60. The van der Waals surface area contributed by atoms with Crippen LogP contribution in [0.3, 0.4) is 0 Å². The van der Waals surface area contributed by atoms with Crippen molar-refractivity contribution in [3.63, 3.8) is 0 Å². The van der Waals surface area contributed by atoms with Gasteiger partial charge in [0.25, 0.3) is 0 Å². The number of anilines is 1. The average molecular weight is 496 g/mol. The van der Waals surface area contributed by atoms with E-state index < -0.39 is 17.3 Å². The number of aromatic nitrogens is 2. The van der Waals surface area contributed by atoms with Crippen molar-refractivity contribution in [3.8, 4) is 23.2 Å². The van der Waals surface area contributed by atoms with Crippen LogP contribution in [0.15, 0.2) is 53.9 Å². The Morgan fingerprint density at radius 3 is 2.76 bits per heavy atom. The van der Waals surface area contributed by atoms with Gasteiger partial charge in [-0.25, -0.2) is 0 Å². The number of amides is 1. The number of halogens is 2. The second-order valence-corrected chi connectivity index (χ2v) is 8.41. The van der Waals surface area contributed by atoms with E-state index in [0.29, 0.717) is 27.5 Å². The summed E-state index contributed by atoms with van der Waals surface area (Å²) in [5.41, 5.74) is 6.40. The molecule has 0 saturated carbocycles. The molecule has 5 rings (SSSR count). The highest BCUT2D eigenvalue weighted by Gasteiger charge is 2.61. The number of carbonyl (C=O) groups is 2. The summed E-state index contributed by atoms with van der Waals surface area (Å²) in [7, 11) is 1.23. The predicted molar refractivity (Wildman–Crippen MR) is 123 cm³/mol. The van der Waals surface area contributed by atoms with Gasteiger partial charge in [-0.2, -0.15) is 5.26 Å². The van der Waals surface area contributed by atoms with Crippen molar-refractivity contribution >= 4 is 40.8 Å². The van der Waals surface area contributed by atoms with Crippen LogP contribution in [0.25, 0.3) is 11.3 Å². The van der Waals surface area contributed by atoms with E-state index in [1.165, 1.54) is 12.0 Å². The Labute approximate surface area is 203 Å². The molecule has 34 heavy (non-hydrogen) atoms. The molecule has 0 unspecified atom stereocenters. The number of esters is 1. The molecule has 11 heteroatoms. The molecule has 2 aliphatic rings. The van der Waals surface area contributed by atoms with Crippen LogP contribution in [0.2, 0.25) is 10.0 Å². The number of nitrogens with two attached hydrogens (primary N) is 1. The topological polar surface area (TPSA) is 134 Å². The number of methoxy groups -OCH3 is 1. The Hall–Kier alpha value is -4.00. The average Bonchev–Trinajstić information content (AvgIpc) is 3.35. The van der Waals surface area contributed by atoms with Crippen molar-refractivity contribution in [2.45, 2.75) is 5.41 Å². The lowest BCUT2D eigenvalue weighted by molar-refractivity contribution is -0.140. The third kappa shape index (κ3) is 2.83. The van der Waals surface area contributed by atoms with Gasteiger partial charge >= 0.3 is 5.97 Å². The van der Waals surface area contributed by atoms with Crippen molar-refractivity contribution in [2.75, 3.05) is 18.6 Å². The molecule has 1 atom stereocenters. The maximum atomic E-state index is 14.2. The first-order valence-electron chi connectivity index (χ1n) is 9.95. The van der Waals surface area contributed by atoms with E-state index in [1.54, 1.807) is 42.5 Å². The van der Waals surface area contributed by atoms with E-state index in [1.807, 2.05) is 0 Å². The number of carbonyl (C=O) groups excluding carboxylic acids is 2. The number of hydrogen-bond donors (Lipinski definition) is 2. The minimum atomic E-state index is -1.72. The first-order valence-corrected chi connectivity index (χ1v) is 10.7. The lowest BCUT2D eigenvalue weighted by Gasteiger charge is -2.32. The van der Waals surface area contributed by atoms with E-state index in [2.05, 4.69) is 16.3 Å². The molecule has 3 N–H and O–H groups in total. The van der Waals surface area contributed by atoms with Gasteiger partial charge in [0.15, 0.2) is 0 Å². The molecule has 3 heterocycles. The van der Waals surface area contributed by atoms with Crippen molar-refractivity contribution in [3.05, 3.63) is 75.1 Å². The van der Waals surface area contributed by atoms with Crippen LogP contribution < -0.4 is 15.4 Å². The van der Waals surface area contributed by atoms with Crippen LogP contribution in [-0.4, -0.2) is 35.7 Å². The summed E-state index contributed by atoms with van der Waals surface area (Å²) in [6, 6.07) is 13.8. The zero-order valence-corrected chi connectivity index (χ0v) is 19.1. The van der Waals surface area contributed by atoms with Crippen LogP contribution in [0.4, 0.5) is 5.69 Å². The quantitative estimate of drug-likeness (QED) is 0.532. The predicted octanol–water partition coefficient (Wildman–Crippen LogP) is 3.28. The fourth-order valence-electron chi connectivity index (χ4n) is 4.50. The molecule has 9 nitrogen and oxygen atoms in total. The molecule has 0 bridgehead atoms. The van der Waals surface area contributed by atoms with Gasteiger partial charge in [-0.1, -0.05) is 47.5 Å². The van der Waals surface area contributed by atoms with Crippen molar-refractivity contribution in [2.24, 2.45) is 5.73 Å². The van der Waals surface area contributed by atoms with Crippen LogP contribution in [0.5, 0.6) is 5.88 Å². The van der Waals surface area contributed by atoms with Gasteiger partial charge in [0.2, 0.25) is 17.7 Å². The Morgan fingerprint density at radius 2 is 2.06 bits per heavy atom. The lowest BCUT2D eigenvalue weighted by Crippen LogP contribution is -2.47. The third-order valence-corrected chi connectivity index (χ3v) is 6.67. The monoisotopic (exact) mass is 495 g/mol. The van der Waals surface area contributed by atoms with Crippen molar-refractivity contribution in [1.82, 2.24) is 10.2 Å². The molecule has 3 aromatic rings. The van der Waals surface area contributed by atoms with Gasteiger partial charge in [0.1, 0.15) is 23.6 Å². The normalized spacial score (nSPS) is 18.4. The maximum Gasteiger partial charge on any atom is 0.325 e. The summed E-state index contributed by atoms with van der Waals surface area (Å²) in [5.74, 6) is -1.42. The van der Waals surface area contributed by atoms with Gasteiger partial charge < -0.3 is 15.2 Å². The van der Waals surface area contributed by atoms with Crippen molar-refractivity contribution < 1.29 is 19.1 Å². The minimum absolute atomic E-state index is 0.0284. The molecule has 0 saturated heterocycles. The summed E-state index contributed by atoms with van der Waals surface area (Å²) in [6.07, 6.45) is 0. The Balaban J connectivity index is 1.85. The Morgan fingerprint density at radius 1 is 1.29 bits per heavy atom. The van der Waals surface area contributed by atoms with Gasteiger partial charge in [-0.15, -0.1) is 5.10 Å². The number of aromatic amines is 1. The zero-order chi connectivity index (χ0) is 24.2. The number of rotatable bonds is 3. The zero-order valence-electron chi connectivity index (χ0n) is 17.6. The van der Waals surface area contributed by atoms with Crippen LogP contribution >= 0.6 is 23.2 Å². The molecule has 0 radical (unpaired) electrons. The fourth-order valence-corrected chi connectivity index (χ4v) is 4.80. The molecular formula is C23H15Cl2N5O4. The lowest BCUT2D eigenvalue weighted by atomic mass is 9.68. The Kier molecular flexibility index (Phi) is 5.01. The molecule has 1 amide bonds. The summed E-state index contributed by atoms with van der Waals surface area (Å²) in [6.45, 7) is -0.358. The number of benzene rings is 2. The highest BCUT2D eigenvalue weighted by atomic mass is 35.5. The van der Waals surface area contributed by atoms with Gasteiger partial charge in [0, 0.05) is 16.8 Å². The van der Waals surface area contributed by atoms with E-state index in [-0.39, 0.29) is 34.5 Å². The molecule has 2 aliphatic heterocycles. The SMILES string of the molecule is COC(=O)CN1C(=O)[C@]2(C(C#N)=C(N)Oc3n[nH]c(-c4ccc(Cl)c(Cl)c4)c32)c2ccccc21. The van der Waals surface area contributed by atoms with E-state index in [9.17, 15) is 14.9 Å². The van der Waals surface area contributed by atoms with Gasteiger partial charge in [0.05, 0.1) is 28.4 Å². The largest absolute Gasteiger partial charge is 0.468 e. The molecule has 0 fully saturated rings. The fraction of sp³-hybridized carbons (Fsp3) is 0.130. The summed E-state index contributed by atoms with van der Waals surface area (Å²) in [5, 5.41) is 17.9. The maximum absolute atomic E-state index is 14.2. The number of nitriles is 1.